The third-order valence-corrected chi connectivity index (χ3v) is 6.36. The second-order valence-corrected chi connectivity index (χ2v) is 9.53. The number of anilines is 1. The first-order valence-electron chi connectivity index (χ1n) is 10.8. The number of halogens is 1. The minimum absolute atomic E-state index is 0.0541. The third-order valence-electron chi connectivity index (χ3n) is 5.01. The van der Waals surface area contributed by atoms with Crippen molar-refractivity contribution in [3.8, 4) is 0 Å². The number of hydrogen-bond donors (Lipinski definition) is 2. The van der Waals surface area contributed by atoms with Gasteiger partial charge in [0.15, 0.2) is 11.0 Å². The van der Waals surface area contributed by atoms with E-state index in [1.54, 1.807) is 35.9 Å². The second-order valence-electron chi connectivity index (χ2n) is 8.18. The Kier molecular flexibility index (Phi) is 8.83. The lowest BCUT2D eigenvalue weighted by molar-refractivity contribution is -0.384. The summed E-state index contributed by atoms with van der Waals surface area (Å²) in [5.74, 6) is 0.299. The zero-order chi connectivity index (χ0) is 25.5. The third kappa shape index (κ3) is 7.03. The summed E-state index contributed by atoms with van der Waals surface area (Å²) in [7, 11) is 1.78. The fourth-order valence-electron chi connectivity index (χ4n) is 3.33. The standard InChI is InChI=1S/C23H25ClN6O4S/c1-14(2)12-19(26-22(32)17-6-4-5-7-18(17)24)21-27-28-23(29(21)3)35-13-20(31)25-15-8-10-16(11-9-15)30(33)34/h4-11,14,19H,12-13H2,1-3H3,(H,25,31)(H,26,32)/t19-/m1/s1. The number of rotatable bonds is 10. The summed E-state index contributed by atoms with van der Waals surface area (Å²) in [5, 5.41) is 25.8. The van der Waals surface area contributed by atoms with Gasteiger partial charge in [-0.3, -0.25) is 19.7 Å². The molecule has 12 heteroatoms. The molecule has 1 atom stereocenters. The zero-order valence-electron chi connectivity index (χ0n) is 19.4. The highest BCUT2D eigenvalue weighted by Gasteiger charge is 2.24. The summed E-state index contributed by atoms with van der Waals surface area (Å²) in [5.41, 5.74) is 0.781. The Hall–Kier alpha value is -3.44. The highest BCUT2D eigenvalue weighted by molar-refractivity contribution is 7.99. The predicted octanol–water partition coefficient (Wildman–Crippen LogP) is 4.62. The number of nitrogens with one attached hydrogen (secondary N) is 2. The van der Waals surface area contributed by atoms with E-state index in [9.17, 15) is 19.7 Å². The minimum Gasteiger partial charge on any atom is -0.342 e. The number of thioether (sulfide) groups is 1. The number of benzene rings is 2. The van der Waals surface area contributed by atoms with Crippen LogP contribution in [0.15, 0.2) is 53.7 Å². The van der Waals surface area contributed by atoms with Crippen LogP contribution in [-0.4, -0.2) is 37.3 Å². The molecule has 0 aliphatic carbocycles. The van der Waals surface area contributed by atoms with Gasteiger partial charge in [0.2, 0.25) is 5.91 Å². The molecule has 3 rings (SSSR count). The number of nitrogens with zero attached hydrogens (tertiary/aromatic N) is 4. The molecular weight excluding hydrogens is 492 g/mol. The highest BCUT2D eigenvalue weighted by atomic mass is 35.5. The highest BCUT2D eigenvalue weighted by Crippen LogP contribution is 2.25. The van der Waals surface area contributed by atoms with E-state index in [4.69, 9.17) is 11.6 Å². The van der Waals surface area contributed by atoms with Gasteiger partial charge < -0.3 is 15.2 Å². The first kappa shape index (κ1) is 26.2. The molecule has 10 nitrogen and oxygen atoms in total. The first-order chi connectivity index (χ1) is 16.7. The number of aromatic nitrogens is 3. The molecule has 0 fully saturated rings. The molecule has 0 aliphatic rings. The molecule has 0 bridgehead atoms. The van der Waals surface area contributed by atoms with E-state index >= 15 is 0 Å². The molecule has 0 aliphatic heterocycles. The van der Waals surface area contributed by atoms with Crippen molar-refractivity contribution in [2.45, 2.75) is 31.5 Å². The molecule has 3 aromatic rings. The molecule has 2 N–H and O–H groups in total. The summed E-state index contributed by atoms with van der Waals surface area (Å²) in [4.78, 5) is 35.4. The molecule has 0 saturated heterocycles. The van der Waals surface area contributed by atoms with Gasteiger partial charge in [0.1, 0.15) is 0 Å². The van der Waals surface area contributed by atoms with Crippen molar-refractivity contribution in [3.63, 3.8) is 0 Å². The van der Waals surface area contributed by atoms with Crippen molar-refractivity contribution in [3.05, 3.63) is 75.1 Å². The Bertz CT molecular complexity index is 1210. The van der Waals surface area contributed by atoms with Crippen LogP contribution in [0.1, 0.15) is 42.5 Å². The van der Waals surface area contributed by atoms with Crippen molar-refractivity contribution in [1.29, 1.82) is 0 Å². The molecule has 0 saturated carbocycles. The molecule has 0 unspecified atom stereocenters. The van der Waals surface area contributed by atoms with Gasteiger partial charge in [-0.15, -0.1) is 10.2 Å². The Labute approximate surface area is 211 Å². The zero-order valence-corrected chi connectivity index (χ0v) is 21.0. The van der Waals surface area contributed by atoms with Crippen molar-refractivity contribution < 1.29 is 14.5 Å². The van der Waals surface area contributed by atoms with Crippen molar-refractivity contribution in [2.24, 2.45) is 13.0 Å². The molecule has 35 heavy (non-hydrogen) atoms. The van der Waals surface area contributed by atoms with Crippen molar-refractivity contribution in [2.75, 3.05) is 11.1 Å². The second kappa shape index (κ2) is 11.8. The predicted molar refractivity (Wildman–Crippen MR) is 135 cm³/mol. The molecule has 184 valence electrons. The van der Waals surface area contributed by atoms with E-state index in [0.717, 1.165) is 0 Å². The van der Waals surface area contributed by atoms with E-state index in [2.05, 4.69) is 20.8 Å². The van der Waals surface area contributed by atoms with E-state index < -0.39 is 11.0 Å². The van der Waals surface area contributed by atoms with Crippen molar-refractivity contribution in [1.82, 2.24) is 20.1 Å². The fourth-order valence-corrected chi connectivity index (χ4v) is 4.27. The largest absolute Gasteiger partial charge is 0.342 e. The van der Waals surface area contributed by atoms with Gasteiger partial charge in [-0.25, -0.2) is 0 Å². The van der Waals surface area contributed by atoms with Gasteiger partial charge in [0.05, 0.1) is 27.3 Å². The molecule has 0 spiro atoms. The molecule has 2 amide bonds. The van der Waals surface area contributed by atoms with Gasteiger partial charge >= 0.3 is 0 Å². The topological polar surface area (TPSA) is 132 Å². The average molecular weight is 517 g/mol. The van der Waals surface area contributed by atoms with Crippen LogP contribution in [0, 0.1) is 16.0 Å². The summed E-state index contributed by atoms with van der Waals surface area (Å²) < 4.78 is 1.75. The van der Waals surface area contributed by atoms with Gasteiger partial charge in [-0.1, -0.05) is 49.3 Å². The van der Waals surface area contributed by atoms with Crippen molar-refractivity contribution >= 4 is 46.6 Å². The van der Waals surface area contributed by atoms with Gasteiger partial charge in [0.25, 0.3) is 11.6 Å². The summed E-state index contributed by atoms with van der Waals surface area (Å²) in [6.07, 6.45) is 0.632. The van der Waals surface area contributed by atoms with Gasteiger partial charge in [-0.05, 0) is 36.6 Å². The number of nitro groups is 1. The number of carbonyl (C=O) groups excluding carboxylic acids is 2. The summed E-state index contributed by atoms with van der Waals surface area (Å²) >= 11 is 7.37. The van der Waals surface area contributed by atoms with Crippen LogP contribution >= 0.6 is 23.4 Å². The number of hydrogen-bond acceptors (Lipinski definition) is 7. The fraction of sp³-hybridized carbons (Fsp3) is 0.304. The van der Waals surface area contributed by atoms with Crippen LogP contribution < -0.4 is 10.6 Å². The van der Waals surface area contributed by atoms with Gasteiger partial charge in [0, 0.05) is 24.9 Å². The summed E-state index contributed by atoms with van der Waals surface area (Å²) in [6, 6.07) is 12.0. The van der Waals surface area contributed by atoms with Crippen LogP contribution in [0.25, 0.3) is 0 Å². The number of nitro benzene ring substituents is 1. The Morgan fingerprint density at radius 2 is 1.83 bits per heavy atom. The average Bonchev–Trinajstić information content (AvgIpc) is 3.17. The quantitative estimate of drug-likeness (QED) is 0.228. The first-order valence-corrected chi connectivity index (χ1v) is 12.1. The SMILES string of the molecule is CC(C)C[C@@H](NC(=O)c1ccccc1Cl)c1nnc(SCC(=O)Nc2ccc([N+](=O)[O-])cc2)n1C. The normalized spacial score (nSPS) is 11.8. The smallest absolute Gasteiger partial charge is 0.269 e. The Balaban J connectivity index is 1.66. The monoisotopic (exact) mass is 516 g/mol. The maximum Gasteiger partial charge on any atom is 0.269 e. The number of amides is 2. The lowest BCUT2D eigenvalue weighted by atomic mass is 10.0. The van der Waals surface area contributed by atoms with Crippen LogP contribution in [0.5, 0.6) is 0 Å². The van der Waals surface area contributed by atoms with Crippen LogP contribution in [0.3, 0.4) is 0 Å². The summed E-state index contributed by atoms with van der Waals surface area (Å²) in [6.45, 7) is 4.09. The molecule has 0 radical (unpaired) electrons. The Morgan fingerprint density at radius 3 is 2.46 bits per heavy atom. The van der Waals surface area contributed by atoms with Crippen LogP contribution in [0.2, 0.25) is 5.02 Å². The van der Waals surface area contributed by atoms with E-state index in [0.29, 0.717) is 33.7 Å². The lowest BCUT2D eigenvalue weighted by Gasteiger charge is -2.20. The lowest BCUT2D eigenvalue weighted by Crippen LogP contribution is -2.31. The molecule has 1 aromatic heterocycles. The van der Waals surface area contributed by atoms with Crippen LogP contribution in [-0.2, 0) is 11.8 Å². The Morgan fingerprint density at radius 1 is 1.14 bits per heavy atom. The van der Waals surface area contributed by atoms with E-state index in [1.807, 2.05) is 13.8 Å². The van der Waals surface area contributed by atoms with Gasteiger partial charge in [-0.2, -0.15) is 0 Å². The maximum atomic E-state index is 12.8. The number of non-ortho nitro benzene ring substituents is 1. The minimum atomic E-state index is -0.503. The molecular formula is C23H25ClN6O4S. The van der Waals surface area contributed by atoms with E-state index in [-0.39, 0.29) is 29.2 Å². The maximum absolute atomic E-state index is 12.8. The molecule has 2 aromatic carbocycles. The number of carbonyl (C=O) groups is 2. The van der Waals surface area contributed by atoms with E-state index in [1.165, 1.54) is 36.0 Å². The molecule has 1 heterocycles. The van der Waals surface area contributed by atoms with Crippen LogP contribution in [0.4, 0.5) is 11.4 Å².